The van der Waals surface area contributed by atoms with Crippen LogP contribution in [0.1, 0.15) is 46.0 Å². The molecule has 0 bridgehead atoms. The second-order valence-corrected chi connectivity index (χ2v) is 4.05. The first-order valence-electron chi connectivity index (χ1n) is 5.12. The second kappa shape index (κ2) is 4.09. The van der Waals surface area contributed by atoms with Crippen LogP contribution in [0.4, 0.5) is 0 Å². The number of hydrogen-bond acceptors (Lipinski definition) is 2. The van der Waals surface area contributed by atoms with E-state index < -0.39 is 11.5 Å². The summed E-state index contributed by atoms with van der Waals surface area (Å²) in [7, 11) is 0. The zero-order valence-electron chi connectivity index (χ0n) is 8.47. The molecule has 3 nitrogen and oxygen atoms in total. The van der Waals surface area contributed by atoms with E-state index in [4.69, 9.17) is 5.11 Å². The van der Waals surface area contributed by atoms with Gasteiger partial charge in [0.1, 0.15) is 5.54 Å². The molecule has 0 aromatic carbocycles. The fourth-order valence-corrected chi connectivity index (χ4v) is 1.97. The van der Waals surface area contributed by atoms with Crippen LogP contribution in [0.3, 0.4) is 0 Å². The molecule has 3 heteroatoms. The van der Waals surface area contributed by atoms with Crippen LogP contribution in [-0.4, -0.2) is 22.7 Å². The van der Waals surface area contributed by atoms with Crippen molar-refractivity contribution in [3.05, 3.63) is 0 Å². The molecule has 1 saturated carbocycles. The molecule has 13 heavy (non-hydrogen) atoms. The monoisotopic (exact) mass is 185 g/mol. The van der Waals surface area contributed by atoms with Crippen LogP contribution in [-0.2, 0) is 4.79 Å². The molecule has 1 atom stereocenters. The molecular weight excluding hydrogens is 166 g/mol. The number of rotatable bonds is 4. The average molecular weight is 185 g/mol. The smallest absolute Gasteiger partial charge is 0.323 e. The van der Waals surface area contributed by atoms with Crippen molar-refractivity contribution in [2.24, 2.45) is 0 Å². The lowest BCUT2D eigenvalue weighted by molar-refractivity contribution is -0.145. The number of carboxylic acids is 1. The summed E-state index contributed by atoms with van der Waals surface area (Å²) in [6.45, 7) is 4.12. The van der Waals surface area contributed by atoms with Gasteiger partial charge in [-0.1, -0.05) is 19.8 Å². The molecule has 1 aliphatic rings. The first-order chi connectivity index (χ1) is 6.10. The summed E-state index contributed by atoms with van der Waals surface area (Å²) >= 11 is 0. The second-order valence-electron chi connectivity index (χ2n) is 4.05. The standard InChI is InChI=1S/C10H19NO2/c1-3-8(2)11-10(9(12)13)6-4-5-7-10/h8,11H,3-7H2,1-2H3,(H,12,13). The molecule has 1 unspecified atom stereocenters. The third-order valence-corrected chi connectivity index (χ3v) is 3.00. The van der Waals surface area contributed by atoms with E-state index in [1.807, 2.05) is 6.92 Å². The van der Waals surface area contributed by atoms with Crippen molar-refractivity contribution in [3.63, 3.8) is 0 Å². The number of carbonyl (C=O) groups is 1. The topological polar surface area (TPSA) is 49.3 Å². The minimum Gasteiger partial charge on any atom is -0.480 e. The maximum Gasteiger partial charge on any atom is 0.323 e. The largest absolute Gasteiger partial charge is 0.480 e. The van der Waals surface area contributed by atoms with Crippen LogP contribution >= 0.6 is 0 Å². The SMILES string of the molecule is CCC(C)NC1(C(=O)O)CCCC1. The first-order valence-corrected chi connectivity index (χ1v) is 5.12. The Hall–Kier alpha value is -0.570. The van der Waals surface area contributed by atoms with E-state index in [2.05, 4.69) is 12.2 Å². The third-order valence-electron chi connectivity index (χ3n) is 3.00. The zero-order valence-corrected chi connectivity index (χ0v) is 8.47. The first kappa shape index (κ1) is 10.5. The van der Waals surface area contributed by atoms with Gasteiger partial charge in [-0.25, -0.2) is 0 Å². The van der Waals surface area contributed by atoms with Gasteiger partial charge in [-0.3, -0.25) is 10.1 Å². The summed E-state index contributed by atoms with van der Waals surface area (Å²) in [5.41, 5.74) is -0.616. The zero-order chi connectivity index (χ0) is 9.90. The molecule has 1 fully saturated rings. The Kier molecular flexibility index (Phi) is 3.31. The van der Waals surface area contributed by atoms with E-state index >= 15 is 0 Å². The quantitative estimate of drug-likeness (QED) is 0.701. The van der Waals surface area contributed by atoms with Gasteiger partial charge in [-0.05, 0) is 26.2 Å². The van der Waals surface area contributed by atoms with Crippen LogP contribution in [0.2, 0.25) is 0 Å². The maximum atomic E-state index is 11.1. The minimum atomic E-state index is -0.676. The molecule has 0 aliphatic heterocycles. The van der Waals surface area contributed by atoms with Crippen molar-refractivity contribution in [3.8, 4) is 0 Å². The molecule has 0 aromatic heterocycles. The lowest BCUT2D eigenvalue weighted by Gasteiger charge is -2.28. The van der Waals surface area contributed by atoms with Crippen molar-refractivity contribution in [1.82, 2.24) is 5.32 Å². The van der Waals surface area contributed by atoms with Crippen LogP contribution < -0.4 is 5.32 Å². The highest BCUT2D eigenvalue weighted by molar-refractivity contribution is 5.79. The normalized spacial score (nSPS) is 22.9. The molecule has 0 radical (unpaired) electrons. The number of aliphatic carboxylic acids is 1. The van der Waals surface area contributed by atoms with Gasteiger partial charge in [0, 0.05) is 6.04 Å². The van der Waals surface area contributed by atoms with Crippen molar-refractivity contribution >= 4 is 5.97 Å². The molecule has 0 aromatic rings. The van der Waals surface area contributed by atoms with Gasteiger partial charge >= 0.3 is 5.97 Å². The van der Waals surface area contributed by atoms with Gasteiger partial charge in [0.2, 0.25) is 0 Å². The van der Waals surface area contributed by atoms with E-state index in [-0.39, 0.29) is 0 Å². The maximum absolute atomic E-state index is 11.1. The molecule has 1 rings (SSSR count). The van der Waals surface area contributed by atoms with Gasteiger partial charge in [-0.15, -0.1) is 0 Å². The minimum absolute atomic E-state index is 0.300. The van der Waals surface area contributed by atoms with Crippen LogP contribution in [0, 0.1) is 0 Å². The highest BCUT2D eigenvalue weighted by Gasteiger charge is 2.41. The van der Waals surface area contributed by atoms with Gasteiger partial charge in [0.15, 0.2) is 0 Å². The van der Waals surface area contributed by atoms with E-state index in [1.54, 1.807) is 0 Å². The van der Waals surface area contributed by atoms with Crippen molar-refractivity contribution in [1.29, 1.82) is 0 Å². The summed E-state index contributed by atoms with van der Waals surface area (Å²) in [4.78, 5) is 11.1. The number of hydrogen-bond donors (Lipinski definition) is 2. The van der Waals surface area contributed by atoms with Gasteiger partial charge in [0.05, 0.1) is 0 Å². The summed E-state index contributed by atoms with van der Waals surface area (Å²) in [6.07, 6.45) is 4.62. The summed E-state index contributed by atoms with van der Waals surface area (Å²) in [5.74, 6) is -0.676. The predicted molar refractivity (Wildman–Crippen MR) is 51.7 cm³/mol. The summed E-state index contributed by atoms with van der Waals surface area (Å²) in [6, 6.07) is 0.300. The number of nitrogens with one attached hydrogen (secondary N) is 1. The predicted octanol–water partition coefficient (Wildman–Crippen LogP) is 1.77. The highest BCUT2D eigenvalue weighted by atomic mass is 16.4. The lowest BCUT2D eigenvalue weighted by Crippen LogP contribution is -2.53. The fraction of sp³-hybridized carbons (Fsp3) is 0.900. The Balaban J connectivity index is 2.62. The Bertz CT molecular complexity index is 185. The average Bonchev–Trinajstić information content (AvgIpc) is 2.54. The van der Waals surface area contributed by atoms with E-state index in [1.165, 1.54) is 0 Å². The van der Waals surface area contributed by atoms with E-state index in [0.29, 0.717) is 6.04 Å². The van der Waals surface area contributed by atoms with E-state index in [9.17, 15) is 4.79 Å². The molecule has 0 amide bonds. The molecular formula is C10H19NO2. The van der Waals surface area contributed by atoms with Gasteiger partial charge < -0.3 is 5.11 Å². The highest BCUT2D eigenvalue weighted by Crippen LogP contribution is 2.30. The Labute approximate surface area is 79.5 Å². The number of carboxylic acid groups (broad SMARTS) is 1. The Morgan fingerprint density at radius 2 is 2.08 bits per heavy atom. The van der Waals surface area contributed by atoms with E-state index in [0.717, 1.165) is 32.1 Å². The molecule has 1 aliphatic carbocycles. The molecule has 0 spiro atoms. The Morgan fingerprint density at radius 3 is 2.46 bits per heavy atom. The van der Waals surface area contributed by atoms with Crippen molar-refractivity contribution < 1.29 is 9.90 Å². The third kappa shape index (κ3) is 2.21. The molecule has 76 valence electrons. The van der Waals surface area contributed by atoms with Gasteiger partial charge in [0.25, 0.3) is 0 Å². The van der Waals surface area contributed by atoms with Crippen molar-refractivity contribution in [2.45, 2.75) is 57.5 Å². The lowest BCUT2D eigenvalue weighted by atomic mass is 9.96. The van der Waals surface area contributed by atoms with Gasteiger partial charge in [-0.2, -0.15) is 0 Å². The molecule has 0 saturated heterocycles. The molecule has 2 N–H and O–H groups in total. The fourth-order valence-electron chi connectivity index (χ4n) is 1.97. The van der Waals surface area contributed by atoms with Crippen LogP contribution in [0.5, 0.6) is 0 Å². The van der Waals surface area contributed by atoms with Crippen LogP contribution in [0.15, 0.2) is 0 Å². The van der Waals surface area contributed by atoms with Crippen LogP contribution in [0.25, 0.3) is 0 Å². The summed E-state index contributed by atoms with van der Waals surface area (Å²) in [5, 5.41) is 12.4. The van der Waals surface area contributed by atoms with Crippen molar-refractivity contribution in [2.75, 3.05) is 0 Å². The molecule has 0 heterocycles. The Morgan fingerprint density at radius 1 is 1.54 bits per heavy atom. The summed E-state index contributed by atoms with van der Waals surface area (Å²) < 4.78 is 0.